The number of imidazole rings is 1. The quantitative estimate of drug-likeness (QED) is 0.761. The second-order valence-corrected chi connectivity index (χ2v) is 5.42. The molecule has 2 heterocycles. The van der Waals surface area contributed by atoms with Crippen molar-refractivity contribution in [3.8, 4) is 0 Å². The highest BCUT2D eigenvalue weighted by molar-refractivity contribution is 5.94. The number of carbonyl (C=O) groups is 1. The highest BCUT2D eigenvalue weighted by Crippen LogP contribution is 2.34. The molecule has 8 heteroatoms. The van der Waals surface area contributed by atoms with Crippen LogP contribution in [0, 0.1) is 0 Å². The van der Waals surface area contributed by atoms with Crippen LogP contribution >= 0.6 is 0 Å². The lowest BCUT2D eigenvalue weighted by molar-refractivity contribution is -0.139. The normalized spacial score (nSPS) is 13.0. The van der Waals surface area contributed by atoms with Crippen LogP contribution in [0.25, 0.3) is 5.65 Å². The van der Waals surface area contributed by atoms with Crippen molar-refractivity contribution in [3.05, 3.63) is 71.7 Å². The van der Waals surface area contributed by atoms with E-state index in [9.17, 15) is 23.1 Å². The number of amides is 1. The van der Waals surface area contributed by atoms with Crippen LogP contribution in [0.3, 0.4) is 0 Å². The summed E-state index contributed by atoms with van der Waals surface area (Å²) in [6.07, 6.45) is -1.25. The van der Waals surface area contributed by atoms with Crippen LogP contribution < -0.4 is 5.32 Å². The van der Waals surface area contributed by atoms with Gasteiger partial charge >= 0.3 is 6.18 Å². The van der Waals surface area contributed by atoms with E-state index in [2.05, 4.69) is 10.3 Å². The van der Waals surface area contributed by atoms with Crippen molar-refractivity contribution in [2.24, 2.45) is 0 Å². The molecule has 0 spiro atoms. The summed E-state index contributed by atoms with van der Waals surface area (Å²) in [7, 11) is 0. The number of aliphatic hydroxyl groups is 1. The van der Waals surface area contributed by atoms with Gasteiger partial charge in [-0.15, -0.1) is 0 Å². The van der Waals surface area contributed by atoms with E-state index in [1.54, 1.807) is 35.1 Å². The zero-order chi connectivity index (χ0) is 18.0. The SMILES string of the molecule is O=C(NC[C@@H](O)c1ccccc1C(F)(F)F)c1ccc2nccn2c1. The smallest absolute Gasteiger partial charge is 0.387 e. The molecule has 1 aromatic carbocycles. The predicted octanol–water partition coefficient (Wildman–Crippen LogP) is 2.82. The van der Waals surface area contributed by atoms with Gasteiger partial charge in [-0.1, -0.05) is 18.2 Å². The number of hydrogen-bond acceptors (Lipinski definition) is 3. The number of aliphatic hydroxyl groups excluding tert-OH is 1. The molecule has 3 rings (SSSR count). The van der Waals surface area contributed by atoms with Crippen molar-refractivity contribution in [2.45, 2.75) is 12.3 Å². The number of nitrogens with zero attached hydrogens (tertiary/aromatic N) is 2. The topological polar surface area (TPSA) is 66.6 Å². The Labute approximate surface area is 140 Å². The van der Waals surface area contributed by atoms with Crippen LogP contribution in [0.1, 0.15) is 27.6 Å². The summed E-state index contributed by atoms with van der Waals surface area (Å²) >= 11 is 0. The first-order valence-electron chi connectivity index (χ1n) is 7.41. The van der Waals surface area contributed by atoms with Gasteiger partial charge in [0, 0.05) is 25.1 Å². The number of fused-ring (bicyclic) bond motifs is 1. The number of halogens is 3. The number of benzene rings is 1. The molecule has 0 aliphatic rings. The van der Waals surface area contributed by atoms with Crippen molar-refractivity contribution < 1.29 is 23.1 Å². The van der Waals surface area contributed by atoms with Crippen LogP contribution in [-0.2, 0) is 6.18 Å². The van der Waals surface area contributed by atoms with E-state index in [4.69, 9.17) is 0 Å². The molecular weight excluding hydrogens is 335 g/mol. The fourth-order valence-electron chi connectivity index (χ4n) is 2.50. The molecule has 0 unspecified atom stereocenters. The van der Waals surface area contributed by atoms with E-state index in [-0.39, 0.29) is 12.1 Å². The van der Waals surface area contributed by atoms with Gasteiger partial charge in [0.2, 0.25) is 0 Å². The molecule has 0 bridgehead atoms. The van der Waals surface area contributed by atoms with E-state index in [0.717, 1.165) is 6.07 Å². The zero-order valence-corrected chi connectivity index (χ0v) is 12.9. The maximum absolute atomic E-state index is 13.0. The maximum atomic E-state index is 13.0. The Bertz CT molecular complexity index is 905. The molecular formula is C17H14F3N3O2. The number of aromatic nitrogens is 2. The molecule has 0 aliphatic carbocycles. The van der Waals surface area contributed by atoms with Crippen LogP contribution in [-0.4, -0.2) is 26.9 Å². The molecule has 2 aromatic heterocycles. The van der Waals surface area contributed by atoms with Gasteiger partial charge in [-0.05, 0) is 23.8 Å². The second-order valence-electron chi connectivity index (χ2n) is 5.42. The minimum Gasteiger partial charge on any atom is -0.387 e. The average Bonchev–Trinajstić information content (AvgIpc) is 3.06. The summed E-state index contributed by atoms with van der Waals surface area (Å²) in [6, 6.07) is 7.93. The number of rotatable bonds is 4. The van der Waals surface area contributed by atoms with Crippen molar-refractivity contribution in [1.29, 1.82) is 0 Å². The van der Waals surface area contributed by atoms with E-state index in [1.807, 2.05) is 0 Å². The molecule has 0 fully saturated rings. The first-order valence-corrected chi connectivity index (χ1v) is 7.41. The third kappa shape index (κ3) is 3.63. The summed E-state index contributed by atoms with van der Waals surface area (Å²) in [5.41, 5.74) is -0.227. The lowest BCUT2D eigenvalue weighted by atomic mass is 10.0. The van der Waals surface area contributed by atoms with Crippen LogP contribution in [0.4, 0.5) is 13.2 Å². The maximum Gasteiger partial charge on any atom is 0.416 e. The largest absolute Gasteiger partial charge is 0.416 e. The molecule has 2 N–H and O–H groups in total. The average molecular weight is 349 g/mol. The van der Waals surface area contributed by atoms with Gasteiger partial charge < -0.3 is 14.8 Å². The lowest BCUT2D eigenvalue weighted by Gasteiger charge is -2.18. The van der Waals surface area contributed by atoms with Gasteiger partial charge in [-0.2, -0.15) is 13.2 Å². The van der Waals surface area contributed by atoms with Crippen LogP contribution in [0.5, 0.6) is 0 Å². The Morgan fingerprint density at radius 1 is 1.24 bits per heavy atom. The van der Waals surface area contributed by atoms with E-state index in [0.29, 0.717) is 11.2 Å². The number of hydrogen-bond donors (Lipinski definition) is 2. The molecule has 5 nitrogen and oxygen atoms in total. The molecule has 0 saturated carbocycles. The minimum absolute atomic E-state index is 0.277. The van der Waals surface area contributed by atoms with Crippen molar-refractivity contribution in [3.63, 3.8) is 0 Å². The van der Waals surface area contributed by atoms with E-state index in [1.165, 1.54) is 18.2 Å². The summed E-state index contributed by atoms with van der Waals surface area (Å²) in [6.45, 7) is -0.339. The summed E-state index contributed by atoms with van der Waals surface area (Å²) < 4.78 is 40.6. The fourth-order valence-corrected chi connectivity index (χ4v) is 2.50. The Morgan fingerprint density at radius 2 is 2.00 bits per heavy atom. The number of pyridine rings is 1. The standard InChI is InChI=1S/C17H14F3N3O2/c18-17(19,20)13-4-2-1-3-12(13)14(24)9-22-16(25)11-5-6-15-21-7-8-23(15)10-11/h1-8,10,14,24H,9H2,(H,22,25)/t14-/m1/s1. The minimum atomic E-state index is -4.58. The Kier molecular flexibility index (Phi) is 4.45. The third-order valence-corrected chi connectivity index (χ3v) is 3.73. The van der Waals surface area contributed by atoms with E-state index < -0.39 is 23.8 Å². The fraction of sp³-hybridized carbons (Fsp3) is 0.176. The molecule has 1 amide bonds. The summed E-state index contributed by atoms with van der Waals surface area (Å²) in [4.78, 5) is 16.2. The predicted molar refractivity (Wildman–Crippen MR) is 83.9 cm³/mol. The van der Waals surface area contributed by atoms with Gasteiger partial charge in [0.1, 0.15) is 5.65 Å². The molecule has 25 heavy (non-hydrogen) atoms. The monoisotopic (exact) mass is 349 g/mol. The number of carbonyl (C=O) groups excluding carboxylic acids is 1. The van der Waals surface area contributed by atoms with Gasteiger partial charge in [0.15, 0.2) is 0 Å². The molecule has 1 atom stereocenters. The number of alkyl halides is 3. The molecule has 0 saturated heterocycles. The van der Waals surface area contributed by atoms with Crippen LogP contribution in [0.15, 0.2) is 55.0 Å². The van der Waals surface area contributed by atoms with Crippen molar-refractivity contribution in [2.75, 3.05) is 6.54 Å². The van der Waals surface area contributed by atoms with Crippen molar-refractivity contribution >= 4 is 11.6 Å². The third-order valence-electron chi connectivity index (χ3n) is 3.73. The van der Waals surface area contributed by atoms with Crippen LogP contribution in [0.2, 0.25) is 0 Å². The first kappa shape index (κ1) is 17.0. The van der Waals surface area contributed by atoms with Gasteiger partial charge in [0.05, 0.1) is 17.2 Å². The Morgan fingerprint density at radius 3 is 2.76 bits per heavy atom. The molecule has 130 valence electrons. The van der Waals surface area contributed by atoms with Gasteiger partial charge in [-0.3, -0.25) is 4.79 Å². The van der Waals surface area contributed by atoms with Gasteiger partial charge in [-0.25, -0.2) is 4.98 Å². The molecule has 0 radical (unpaired) electrons. The first-order chi connectivity index (χ1) is 11.9. The highest BCUT2D eigenvalue weighted by Gasteiger charge is 2.34. The highest BCUT2D eigenvalue weighted by atomic mass is 19.4. The Balaban J connectivity index is 1.72. The summed E-state index contributed by atoms with van der Waals surface area (Å²) in [5, 5.41) is 12.5. The molecule has 3 aromatic rings. The summed E-state index contributed by atoms with van der Waals surface area (Å²) in [5.74, 6) is -0.501. The van der Waals surface area contributed by atoms with E-state index >= 15 is 0 Å². The second kappa shape index (κ2) is 6.56. The Hall–Kier alpha value is -2.87. The number of nitrogens with one attached hydrogen (secondary N) is 1. The lowest BCUT2D eigenvalue weighted by Crippen LogP contribution is -2.29. The van der Waals surface area contributed by atoms with Gasteiger partial charge in [0.25, 0.3) is 5.91 Å². The molecule has 0 aliphatic heterocycles. The van der Waals surface area contributed by atoms with Crippen molar-refractivity contribution in [1.82, 2.24) is 14.7 Å². The zero-order valence-electron chi connectivity index (χ0n) is 12.9.